The molecule has 0 amide bonds. The SMILES string of the molecule is C[C@@H](N)CN(C)CC1CCN(C)CC1. The van der Waals surface area contributed by atoms with Crippen molar-refractivity contribution >= 4 is 0 Å². The number of rotatable bonds is 4. The van der Waals surface area contributed by atoms with Crippen molar-refractivity contribution in [2.75, 3.05) is 40.3 Å². The molecule has 1 saturated heterocycles. The minimum Gasteiger partial charge on any atom is -0.327 e. The monoisotopic (exact) mass is 199 g/mol. The van der Waals surface area contributed by atoms with E-state index < -0.39 is 0 Å². The first-order chi connectivity index (χ1) is 6.58. The summed E-state index contributed by atoms with van der Waals surface area (Å²) in [5.41, 5.74) is 5.77. The highest BCUT2D eigenvalue weighted by molar-refractivity contribution is 4.73. The Morgan fingerprint density at radius 3 is 2.50 bits per heavy atom. The zero-order valence-electron chi connectivity index (χ0n) is 9.87. The average Bonchev–Trinajstić information content (AvgIpc) is 2.07. The lowest BCUT2D eigenvalue weighted by molar-refractivity contribution is 0.173. The first-order valence-corrected chi connectivity index (χ1v) is 5.70. The second-order valence-corrected chi connectivity index (χ2v) is 4.95. The molecule has 1 fully saturated rings. The van der Waals surface area contributed by atoms with Gasteiger partial charge in [0.25, 0.3) is 0 Å². The summed E-state index contributed by atoms with van der Waals surface area (Å²) >= 11 is 0. The van der Waals surface area contributed by atoms with Crippen molar-refractivity contribution in [3.63, 3.8) is 0 Å². The summed E-state index contributed by atoms with van der Waals surface area (Å²) in [4.78, 5) is 4.79. The number of likely N-dealkylation sites (N-methyl/N-ethyl adjacent to an activating group) is 1. The molecule has 0 aromatic rings. The van der Waals surface area contributed by atoms with Gasteiger partial charge >= 0.3 is 0 Å². The van der Waals surface area contributed by atoms with E-state index >= 15 is 0 Å². The van der Waals surface area contributed by atoms with Crippen LogP contribution in [0.4, 0.5) is 0 Å². The molecule has 1 aliphatic heterocycles. The normalized spacial score (nSPS) is 22.9. The third-order valence-corrected chi connectivity index (χ3v) is 3.01. The lowest BCUT2D eigenvalue weighted by Gasteiger charge is -2.32. The molecule has 2 N–H and O–H groups in total. The summed E-state index contributed by atoms with van der Waals surface area (Å²) in [6, 6.07) is 0.297. The van der Waals surface area contributed by atoms with Gasteiger partial charge in [-0.15, -0.1) is 0 Å². The average molecular weight is 199 g/mol. The Bertz CT molecular complexity index is 151. The van der Waals surface area contributed by atoms with E-state index in [1.807, 2.05) is 0 Å². The van der Waals surface area contributed by atoms with Crippen LogP contribution < -0.4 is 5.73 Å². The van der Waals surface area contributed by atoms with Crippen molar-refractivity contribution in [2.24, 2.45) is 11.7 Å². The van der Waals surface area contributed by atoms with Crippen LogP contribution in [0, 0.1) is 5.92 Å². The molecule has 1 aliphatic rings. The Kier molecular flexibility index (Phi) is 4.85. The number of piperidine rings is 1. The third-order valence-electron chi connectivity index (χ3n) is 3.01. The first kappa shape index (κ1) is 12.0. The van der Waals surface area contributed by atoms with Crippen LogP contribution in [0.3, 0.4) is 0 Å². The van der Waals surface area contributed by atoms with Gasteiger partial charge in [-0.1, -0.05) is 0 Å². The van der Waals surface area contributed by atoms with Crippen LogP contribution in [0.15, 0.2) is 0 Å². The molecule has 84 valence electrons. The van der Waals surface area contributed by atoms with Crippen molar-refractivity contribution in [1.29, 1.82) is 0 Å². The summed E-state index contributed by atoms with van der Waals surface area (Å²) in [6.45, 7) is 6.83. The van der Waals surface area contributed by atoms with Crippen molar-refractivity contribution in [1.82, 2.24) is 9.80 Å². The zero-order chi connectivity index (χ0) is 10.6. The fourth-order valence-corrected chi connectivity index (χ4v) is 2.25. The van der Waals surface area contributed by atoms with Gasteiger partial charge in [0.1, 0.15) is 0 Å². The molecule has 0 spiro atoms. The van der Waals surface area contributed by atoms with Gasteiger partial charge in [-0.2, -0.15) is 0 Å². The molecule has 0 bridgehead atoms. The van der Waals surface area contributed by atoms with Gasteiger partial charge in [-0.25, -0.2) is 0 Å². The molecule has 3 nitrogen and oxygen atoms in total. The van der Waals surface area contributed by atoms with E-state index in [9.17, 15) is 0 Å². The Labute approximate surface area is 88.2 Å². The first-order valence-electron chi connectivity index (χ1n) is 5.70. The molecule has 1 rings (SSSR count). The van der Waals surface area contributed by atoms with Gasteiger partial charge in [0.05, 0.1) is 0 Å². The highest BCUT2D eigenvalue weighted by atomic mass is 15.1. The van der Waals surface area contributed by atoms with E-state index in [1.165, 1.54) is 32.5 Å². The van der Waals surface area contributed by atoms with Gasteiger partial charge in [0.15, 0.2) is 0 Å². The minimum atomic E-state index is 0.297. The van der Waals surface area contributed by atoms with Gasteiger partial charge in [-0.3, -0.25) is 0 Å². The largest absolute Gasteiger partial charge is 0.327 e. The maximum absolute atomic E-state index is 5.77. The van der Waals surface area contributed by atoms with Crippen LogP contribution in [0.2, 0.25) is 0 Å². The fourth-order valence-electron chi connectivity index (χ4n) is 2.25. The summed E-state index contributed by atoms with van der Waals surface area (Å²) in [5.74, 6) is 0.884. The van der Waals surface area contributed by atoms with Crippen molar-refractivity contribution in [3.05, 3.63) is 0 Å². The zero-order valence-corrected chi connectivity index (χ0v) is 9.87. The number of hydrogen-bond donors (Lipinski definition) is 1. The van der Waals surface area contributed by atoms with Gasteiger partial charge in [-0.05, 0) is 52.9 Å². The summed E-state index contributed by atoms with van der Waals surface area (Å²) in [7, 11) is 4.39. The van der Waals surface area contributed by atoms with E-state index in [4.69, 9.17) is 5.73 Å². The summed E-state index contributed by atoms with van der Waals surface area (Å²) in [6.07, 6.45) is 2.69. The van der Waals surface area contributed by atoms with Gasteiger partial charge in [0.2, 0.25) is 0 Å². The Hall–Kier alpha value is -0.120. The van der Waals surface area contributed by atoms with E-state index in [-0.39, 0.29) is 0 Å². The maximum atomic E-state index is 5.77. The topological polar surface area (TPSA) is 32.5 Å². The molecule has 1 atom stereocenters. The fraction of sp³-hybridized carbons (Fsp3) is 1.00. The summed E-state index contributed by atoms with van der Waals surface area (Å²) in [5, 5.41) is 0. The molecule has 0 saturated carbocycles. The smallest absolute Gasteiger partial charge is 0.0139 e. The van der Waals surface area contributed by atoms with Gasteiger partial charge < -0.3 is 15.5 Å². The standard InChI is InChI=1S/C11H25N3/c1-10(12)8-14(3)9-11-4-6-13(2)7-5-11/h10-11H,4-9,12H2,1-3H3/t10-/m1/s1. The van der Waals surface area contributed by atoms with E-state index in [2.05, 4.69) is 30.8 Å². The second kappa shape index (κ2) is 5.69. The molecule has 0 aromatic carbocycles. The molecule has 1 heterocycles. The highest BCUT2D eigenvalue weighted by Gasteiger charge is 2.18. The Morgan fingerprint density at radius 2 is 2.00 bits per heavy atom. The van der Waals surface area contributed by atoms with E-state index in [0.717, 1.165) is 12.5 Å². The van der Waals surface area contributed by atoms with Crippen molar-refractivity contribution < 1.29 is 0 Å². The number of hydrogen-bond acceptors (Lipinski definition) is 3. The number of nitrogens with zero attached hydrogens (tertiary/aromatic N) is 2. The predicted molar refractivity (Wildman–Crippen MR) is 61.4 cm³/mol. The van der Waals surface area contributed by atoms with Crippen molar-refractivity contribution in [3.8, 4) is 0 Å². The highest BCUT2D eigenvalue weighted by Crippen LogP contribution is 2.16. The van der Waals surface area contributed by atoms with E-state index in [1.54, 1.807) is 0 Å². The maximum Gasteiger partial charge on any atom is 0.0139 e. The third kappa shape index (κ3) is 4.40. The lowest BCUT2D eigenvalue weighted by atomic mass is 9.96. The minimum absolute atomic E-state index is 0.297. The molecule has 0 aliphatic carbocycles. The van der Waals surface area contributed by atoms with Crippen LogP contribution in [-0.2, 0) is 0 Å². The van der Waals surface area contributed by atoms with E-state index in [0.29, 0.717) is 6.04 Å². The Morgan fingerprint density at radius 1 is 1.43 bits per heavy atom. The number of nitrogens with two attached hydrogens (primary N) is 1. The molecule has 0 unspecified atom stereocenters. The molecular formula is C11H25N3. The molecule has 14 heavy (non-hydrogen) atoms. The van der Waals surface area contributed by atoms with Gasteiger partial charge in [0, 0.05) is 19.1 Å². The number of likely N-dealkylation sites (tertiary alicyclic amines) is 1. The molecular weight excluding hydrogens is 174 g/mol. The Balaban J connectivity index is 2.17. The van der Waals surface area contributed by atoms with Crippen LogP contribution >= 0.6 is 0 Å². The van der Waals surface area contributed by atoms with Crippen LogP contribution in [0.1, 0.15) is 19.8 Å². The molecule has 0 radical (unpaired) electrons. The second-order valence-electron chi connectivity index (χ2n) is 4.95. The van der Waals surface area contributed by atoms with Crippen molar-refractivity contribution in [2.45, 2.75) is 25.8 Å². The predicted octanol–water partition coefficient (Wildman–Crippen LogP) is 0.607. The summed E-state index contributed by atoms with van der Waals surface area (Å²) < 4.78 is 0. The van der Waals surface area contributed by atoms with Crippen LogP contribution in [0.25, 0.3) is 0 Å². The van der Waals surface area contributed by atoms with Crippen LogP contribution in [-0.4, -0.2) is 56.1 Å². The molecule has 3 heteroatoms. The molecule has 0 aromatic heterocycles. The quantitative estimate of drug-likeness (QED) is 0.720. The van der Waals surface area contributed by atoms with Crippen LogP contribution in [0.5, 0.6) is 0 Å². The lowest BCUT2D eigenvalue weighted by Crippen LogP contribution is -2.39.